The second-order valence-electron chi connectivity index (χ2n) is 4.97. The zero-order chi connectivity index (χ0) is 15.2. The number of hydrogen-bond acceptors (Lipinski definition) is 3. The minimum atomic E-state index is -0.931. The van der Waals surface area contributed by atoms with Crippen LogP contribution in [-0.4, -0.2) is 24.2 Å². The Morgan fingerprint density at radius 1 is 1.33 bits per heavy atom. The van der Waals surface area contributed by atoms with E-state index < -0.39 is 5.97 Å². The Morgan fingerprint density at radius 2 is 2.10 bits per heavy atom. The quantitative estimate of drug-likeness (QED) is 0.822. The third-order valence-corrected chi connectivity index (χ3v) is 4.36. The van der Waals surface area contributed by atoms with Gasteiger partial charge in [-0.15, -0.1) is 11.3 Å². The molecule has 2 aromatic rings. The molecule has 0 spiro atoms. The van der Waals surface area contributed by atoms with E-state index in [0.717, 1.165) is 17.7 Å². The molecule has 2 rings (SSSR count). The van der Waals surface area contributed by atoms with Crippen LogP contribution in [0.25, 0.3) is 6.08 Å². The highest BCUT2D eigenvalue weighted by Gasteiger charge is 2.13. The van der Waals surface area contributed by atoms with E-state index in [1.165, 1.54) is 11.0 Å². The number of aliphatic carboxylic acids is 1. The number of anilines is 1. The van der Waals surface area contributed by atoms with E-state index in [1.807, 2.05) is 31.3 Å². The third-order valence-electron chi connectivity index (χ3n) is 3.46. The molecule has 1 heterocycles. The Morgan fingerprint density at radius 3 is 2.76 bits per heavy atom. The Bertz CT molecular complexity index is 619. The summed E-state index contributed by atoms with van der Waals surface area (Å²) < 4.78 is 0. The van der Waals surface area contributed by atoms with Gasteiger partial charge >= 0.3 is 5.97 Å². The molecule has 4 heteroatoms. The van der Waals surface area contributed by atoms with Crippen molar-refractivity contribution in [2.75, 3.05) is 11.9 Å². The average molecular weight is 301 g/mol. The maximum atomic E-state index is 10.7. The van der Waals surface area contributed by atoms with Crippen LogP contribution >= 0.6 is 11.3 Å². The predicted octanol–water partition coefficient (Wildman–Crippen LogP) is 3.91. The largest absolute Gasteiger partial charge is 0.478 e. The second-order valence-corrected chi connectivity index (χ2v) is 6.01. The smallest absolute Gasteiger partial charge is 0.328 e. The topological polar surface area (TPSA) is 40.5 Å². The minimum absolute atomic E-state index is 0.336. The predicted molar refractivity (Wildman–Crippen MR) is 89.0 cm³/mol. The van der Waals surface area contributed by atoms with E-state index in [0.29, 0.717) is 6.04 Å². The number of carbonyl (C=O) groups is 1. The minimum Gasteiger partial charge on any atom is -0.478 e. The Kier molecular flexibility index (Phi) is 5.17. The molecule has 0 radical (unpaired) electrons. The molecule has 110 valence electrons. The molecule has 1 unspecified atom stereocenters. The summed E-state index contributed by atoms with van der Waals surface area (Å²) in [5, 5.41) is 10.9. The normalized spacial score (nSPS) is 12.5. The van der Waals surface area contributed by atoms with Gasteiger partial charge in [0.05, 0.1) is 0 Å². The van der Waals surface area contributed by atoms with Crippen LogP contribution in [0.5, 0.6) is 0 Å². The monoisotopic (exact) mass is 301 g/mol. The van der Waals surface area contributed by atoms with E-state index >= 15 is 0 Å². The number of rotatable bonds is 6. The van der Waals surface area contributed by atoms with Crippen molar-refractivity contribution in [3.8, 4) is 0 Å². The lowest BCUT2D eigenvalue weighted by molar-refractivity contribution is -0.131. The summed E-state index contributed by atoms with van der Waals surface area (Å²) in [6.07, 6.45) is 3.80. The van der Waals surface area contributed by atoms with Gasteiger partial charge in [0.15, 0.2) is 0 Å². The first kappa shape index (κ1) is 15.3. The number of likely N-dealkylation sites (N-methyl/N-ethyl adjacent to an activating group) is 1. The summed E-state index contributed by atoms with van der Waals surface area (Å²) in [5.74, 6) is -0.931. The van der Waals surface area contributed by atoms with Crippen LogP contribution in [-0.2, 0) is 11.2 Å². The number of benzene rings is 1. The van der Waals surface area contributed by atoms with Gasteiger partial charge in [0.25, 0.3) is 0 Å². The number of carboxylic acids is 1. The van der Waals surface area contributed by atoms with Gasteiger partial charge in [0.1, 0.15) is 0 Å². The van der Waals surface area contributed by atoms with Crippen LogP contribution in [0.4, 0.5) is 5.69 Å². The van der Waals surface area contributed by atoms with Gasteiger partial charge < -0.3 is 10.0 Å². The Labute approximate surface area is 129 Å². The third kappa shape index (κ3) is 4.20. The lowest BCUT2D eigenvalue weighted by atomic mass is 10.1. The molecule has 0 aliphatic carbocycles. The molecule has 21 heavy (non-hydrogen) atoms. The van der Waals surface area contributed by atoms with E-state index in [1.54, 1.807) is 17.4 Å². The van der Waals surface area contributed by atoms with Gasteiger partial charge in [0, 0.05) is 36.2 Å². The fraction of sp³-hybridized carbons (Fsp3) is 0.235. The van der Waals surface area contributed by atoms with Gasteiger partial charge in [-0.2, -0.15) is 0 Å². The summed E-state index contributed by atoms with van der Waals surface area (Å²) in [4.78, 5) is 14.3. The molecule has 3 nitrogen and oxygen atoms in total. The summed E-state index contributed by atoms with van der Waals surface area (Å²) >= 11 is 1.76. The molecular weight excluding hydrogens is 282 g/mol. The molecular formula is C17H19NO2S. The van der Waals surface area contributed by atoms with E-state index in [-0.39, 0.29) is 0 Å². The molecule has 0 fully saturated rings. The number of carboxylic acid groups (broad SMARTS) is 1. The van der Waals surface area contributed by atoms with Crippen LogP contribution < -0.4 is 4.90 Å². The summed E-state index contributed by atoms with van der Waals surface area (Å²) in [6.45, 7) is 2.18. The SMILES string of the molecule is CC(Cc1cccs1)N(C)c1ccccc1C=CC(=O)O. The van der Waals surface area contributed by atoms with Crippen molar-refractivity contribution < 1.29 is 9.90 Å². The van der Waals surface area contributed by atoms with Gasteiger partial charge in [-0.3, -0.25) is 0 Å². The van der Waals surface area contributed by atoms with Gasteiger partial charge in [-0.1, -0.05) is 24.3 Å². The van der Waals surface area contributed by atoms with Crippen LogP contribution in [0.3, 0.4) is 0 Å². The first-order valence-electron chi connectivity index (χ1n) is 6.83. The van der Waals surface area contributed by atoms with Crippen LogP contribution in [0, 0.1) is 0 Å². The molecule has 0 saturated carbocycles. The molecule has 1 N–H and O–H groups in total. The Hall–Kier alpha value is -2.07. The van der Waals surface area contributed by atoms with E-state index in [4.69, 9.17) is 5.11 Å². The maximum Gasteiger partial charge on any atom is 0.328 e. The number of thiophene rings is 1. The van der Waals surface area contributed by atoms with Crippen LogP contribution in [0.2, 0.25) is 0 Å². The van der Waals surface area contributed by atoms with Crippen molar-refractivity contribution in [2.24, 2.45) is 0 Å². The highest BCUT2D eigenvalue weighted by molar-refractivity contribution is 7.09. The molecule has 0 saturated heterocycles. The van der Waals surface area contributed by atoms with Gasteiger partial charge in [-0.25, -0.2) is 4.79 Å². The lowest BCUT2D eigenvalue weighted by Gasteiger charge is -2.28. The van der Waals surface area contributed by atoms with Crippen molar-refractivity contribution in [3.05, 3.63) is 58.3 Å². The number of para-hydroxylation sites is 1. The summed E-state index contributed by atoms with van der Waals surface area (Å²) in [7, 11) is 2.05. The zero-order valence-electron chi connectivity index (χ0n) is 12.2. The first-order chi connectivity index (χ1) is 10.1. The maximum absolute atomic E-state index is 10.7. The van der Waals surface area contributed by atoms with Crippen molar-refractivity contribution in [1.29, 1.82) is 0 Å². The fourth-order valence-corrected chi connectivity index (χ4v) is 3.03. The lowest BCUT2D eigenvalue weighted by Crippen LogP contribution is -2.30. The van der Waals surface area contributed by atoms with Crippen molar-refractivity contribution in [3.63, 3.8) is 0 Å². The van der Waals surface area contributed by atoms with Crippen molar-refractivity contribution in [1.82, 2.24) is 0 Å². The molecule has 1 atom stereocenters. The van der Waals surface area contributed by atoms with Crippen LogP contribution in [0.1, 0.15) is 17.4 Å². The molecule has 0 bridgehead atoms. The van der Waals surface area contributed by atoms with Crippen LogP contribution in [0.15, 0.2) is 47.9 Å². The first-order valence-corrected chi connectivity index (χ1v) is 7.71. The zero-order valence-corrected chi connectivity index (χ0v) is 13.0. The molecule has 0 aliphatic heterocycles. The number of hydrogen-bond donors (Lipinski definition) is 1. The molecule has 1 aromatic heterocycles. The van der Waals surface area contributed by atoms with E-state index in [2.05, 4.69) is 29.3 Å². The van der Waals surface area contributed by atoms with Gasteiger partial charge in [-0.05, 0) is 36.1 Å². The van der Waals surface area contributed by atoms with E-state index in [9.17, 15) is 4.79 Å². The molecule has 1 aromatic carbocycles. The molecule has 0 aliphatic rings. The molecule has 0 amide bonds. The average Bonchev–Trinajstić information content (AvgIpc) is 2.97. The van der Waals surface area contributed by atoms with Crippen molar-refractivity contribution in [2.45, 2.75) is 19.4 Å². The highest BCUT2D eigenvalue weighted by atomic mass is 32.1. The standard InChI is InChI=1S/C17H19NO2S/c1-13(12-15-7-5-11-21-15)18(2)16-8-4-3-6-14(16)9-10-17(19)20/h3-11,13H,12H2,1-2H3,(H,19,20). The fourth-order valence-electron chi connectivity index (χ4n) is 2.20. The second kappa shape index (κ2) is 7.09. The van der Waals surface area contributed by atoms with Gasteiger partial charge in [0.2, 0.25) is 0 Å². The summed E-state index contributed by atoms with van der Waals surface area (Å²) in [5.41, 5.74) is 1.96. The van der Waals surface area contributed by atoms with Crippen molar-refractivity contribution >= 4 is 29.1 Å². The Balaban J connectivity index is 2.18. The highest BCUT2D eigenvalue weighted by Crippen LogP contribution is 2.24. The number of nitrogens with zero attached hydrogens (tertiary/aromatic N) is 1. The summed E-state index contributed by atoms with van der Waals surface area (Å²) in [6, 6.07) is 12.4.